The minimum absolute atomic E-state index is 0.0580. The summed E-state index contributed by atoms with van der Waals surface area (Å²) in [5.41, 5.74) is 3.27. The summed E-state index contributed by atoms with van der Waals surface area (Å²) in [5.74, 6) is 0.701. The lowest BCUT2D eigenvalue weighted by Crippen LogP contribution is -2.48. The minimum atomic E-state index is 0.0580. The van der Waals surface area contributed by atoms with Crippen molar-refractivity contribution in [3.63, 3.8) is 0 Å². The maximum atomic E-state index is 12.7. The molecule has 1 heterocycles. The van der Waals surface area contributed by atoms with Crippen LogP contribution in [0.2, 0.25) is 0 Å². The smallest absolute Gasteiger partial charge is 0.257 e. The van der Waals surface area contributed by atoms with Crippen molar-refractivity contribution in [1.29, 1.82) is 0 Å². The van der Waals surface area contributed by atoms with Gasteiger partial charge in [0.2, 0.25) is 0 Å². The Bertz CT molecular complexity index is 706. The van der Waals surface area contributed by atoms with E-state index in [2.05, 4.69) is 36.1 Å². The topological polar surface area (TPSA) is 32.8 Å². The van der Waals surface area contributed by atoms with Gasteiger partial charge < -0.3 is 9.64 Å². The number of piperazine rings is 1. The van der Waals surface area contributed by atoms with E-state index >= 15 is 0 Å². The average molecular weight is 324 g/mol. The van der Waals surface area contributed by atoms with Crippen LogP contribution >= 0.6 is 0 Å². The zero-order valence-corrected chi connectivity index (χ0v) is 14.4. The highest BCUT2D eigenvalue weighted by molar-refractivity contribution is 5.97. The first-order valence-electron chi connectivity index (χ1n) is 8.37. The van der Waals surface area contributed by atoms with Gasteiger partial charge in [0, 0.05) is 32.7 Å². The molecule has 0 aromatic heterocycles. The van der Waals surface area contributed by atoms with E-state index in [0.717, 1.165) is 32.7 Å². The average Bonchev–Trinajstić information content (AvgIpc) is 2.62. The molecule has 0 spiro atoms. The van der Waals surface area contributed by atoms with Gasteiger partial charge in [0.15, 0.2) is 0 Å². The third-order valence-electron chi connectivity index (χ3n) is 4.49. The van der Waals surface area contributed by atoms with Gasteiger partial charge in [-0.3, -0.25) is 9.69 Å². The quantitative estimate of drug-likeness (QED) is 0.867. The molecule has 0 bridgehead atoms. The Labute approximate surface area is 143 Å². The van der Waals surface area contributed by atoms with Crippen LogP contribution in [0.15, 0.2) is 48.5 Å². The molecule has 0 radical (unpaired) electrons. The van der Waals surface area contributed by atoms with Crippen LogP contribution in [0.25, 0.3) is 0 Å². The second-order valence-corrected chi connectivity index (χ2v) is 6.26. The van der Waals surface area contributed by atoms with Crippen molar-refractivity contribution in [2.75, 3.05) is 33.3 Å². The second-order valence-electron chi connectivity index (χ2n) is 6.26. The second kappa shape index (κ2) is 7.49. The molecule has 4 nitrogen and oxygen atoms in total. The number of amides is 1. The van der Waals surface area contributed by atoms with Crippen molar-refractivity contribution in [3.8, 4) is 5.75 Å². The fraction of sp³-hybridized carbons (Fsp3) is 0.350. The SMILES string of the molecule is COc1ccccc1C(=O)N1CCN(Cc2cccc(C)c2)CC1. The Morgan fingerprint density at radius 2 is 1.79 bits per heavy atom. The molecule has 0 N–H and O–H groups in total. The zero-order chi connectivity index (χ0) is 16.9. The summed E-state index contributed by atoms with van der Waals surface area (Å²) >= 11 is 0. The summed E-state index contributed by atoms with van der Waals surface area (Å²) in [6.07, 6.45) is 0. The summed E-state index contributed by atoms with van der Waals surface area (Å²) in [4.78, 5) is 17.0. The Balaban J connectivity index is 1.59. The van der Waals surface area contributed by atoms with E-state index < -0.39 is 0 Å². The van der Waals surface area contributed by atoms with Crippen LogP contribution in [0.5, 0.6) is 5.75 Å². The number of hydrogen-bond acceptors (Lipinski definition) is 3. The summed E-state index contributed by atoms with van der Waals surface area (Å²) in [7, 11) is 1.60. The third-order valence-corrected chi connectivity index (χ3v) is 4.49. The lowest BCUT2D eigenvalue weighted by molar-refractivity contribution is 0.0625. The molecule has 1 fully saturated rings. The van der Waals surface area contributed by atoms with Gasteiger partial charge >= 0.3 is 0 Å². The van der Waals surface area contributed by atoms with Crippen LogP contribution in [0.3, 0.4) is 0 Å². The van der Waals surface area contributed by atoms with Crippen molar-refractivity contribution in [2.45, 2.75) is 13.5 Å². The first kappa shape index (κ1) is 16.5. The minimum Gasteiger partial charge on any atom is -0.496 e. The van der Waals surface area contributed by atoms with E-state index in [1.54, 1.807) is 7.11 Å². The summed E-state index contributed by atoms with van der Waals surface area (Å²) < 4.78 is 5.31. The highest BCUT2D eigenvalue weighted by Gasteiger charge is 2.24. The number of aryl methyl sites for hydroxylation is 1. The highest BCUT2D eigenvalue weighted by atomic mass is 16.5. The molecule has 2 aromatic carbocycles. The Morgan fingerprint density at radius 3 is 2.50 bits per heavy atom. The first-order valence-corrected chi connectivity index (χ1v) is 8.37. The molecule has 2 aromatic rings. The number of methoxy groups -OCH3 is 1. The fourth-order valence-electron chi connectivity index (χ4n) is 3.17. The van der Waals surface area contributed by atoms with E-state index in [1.807, 2.05) is 29.2 Å². The molecule has 0 atom stereocenters. The first-order chi connectivity index (χ1) is 11.7. The number of benzene rings is 2. The van der Waals surface area contributed by atoms with E-state index in [-0.39, 0.29) is 5.91 Å². The van der Waals surface area contributed by atoms with Gasteiger partial charge in [0.25, 0.3) is 5.91 Å². The number of para-hydroxylation sites is 1. The molecule has 4 heteroatoms. The number of hydrogen-bond donors (Lipinski definition) is 0. The molecule has 0 aliphatic carbocycles. The molecule has 1 saturated heterocycles. The monoisotopic (exact) mass is 324 g/mol. The van der Waals surface area contributed by atoms with Crippen LogP contribution < -0.4 is 4.74 Å². The molecule has 3 rings (SSSR count). The van der Waals surface area contributed by atoms with Crippen LogP contribution in [-0.2, 0) is 6.54 Å². The molecule has 126 valence electrons. The van der Waals surface area contributed by atoms with Crippen molar-refractivity contribution >= 4 is 5.91 Å². The fourth-order valence-corrected chi connectivity index (χ4v) is 3.17. The molecular formula is C20H24N2O2. The van der Waals surface area contributed by atoms with Gasteiger partial charge in [-0.25, -0.2) is 0 Å². The molecule has 1 aliphatic rings. The molecule has 0 unspecified atom stereocenters. The lowest BCUT2D eigenvalue weighted by Gasteiger charge is -2.35. The molecule has 24 heavy (non-hydrogen) atoms. The summed E-state index contributed by atoms with van der Waals surface area (Å²) in [6.45, 7) is 6.36. The standard InChI is InChI=1S/C20H24N2O2/c1-16-6-5-7-17(14-16)15-21-10-12-22(13-11-21)20(23)18-8-3-4-9-19(18)24-2/h3-9,14H,10-13,15H2,1-2H3. The van der Waals surface area contributed by atoms with Crippen LogP contribution in [0, 0.1) is 6.92 Å². The van der Waals surface area contributed by atoms with E-state index in [0.29, 0.717) is 11.3 Å². The third kappa shape index (κ3) is 3.77. The number of carbonyl (C=O) groups excluding carboxylic acids is 1. The van der Waals surface area contributed by atoms with Crippen LogP contribution in [0.1, 0.15) is 21.5 Å². The van der Waals surface area contributed by atoms with Crippen molar-refractivity contribution in [2.24, 2.45) is 0 Å². The normalized spacial score (nSPS) is 15.3. The van der Waals surface area contributed by atoms with Gasteiger partial charge in [0.05, 0.1) is 12.7 Å². The van der Waals surface area contributed by atoms with Crippen LogP contribution in [-0.4, -0.2) is 49.0 Å². The van der Waals surface area contributed by atoms with Gasteiger partial charge in [-0.05, 0) is 24.6 Å². The van der Waals surface area contributed by atoms with E-state index in [1.165, 1.54) is 11.1 Å². The lowest BCUT2D eigenvalue weighted by atomic mass is 10.1. The van der Waals surface area contributed by atoms with Crippen molar-refractivity contribution in [1.82, 2.24) is 9.80 Å². The van der Waals surface area contributed by atoms with Crippen molar-refractivity contribution in [3.05, 3.63) is 65.2 Å². The molecule has 1 aliphatic heterocycles. The van der Waals surface area contributed by atoms with E-state index in [4.69, 9.17) is 4.74 Å². The van der Waals surface area contributed by atoms with Gasteiger partial charge in [-0.1, -0.05) is 42.0 Å². The van der Waals surface area contributed by atoms with E-state index in [9.17, 15) is 4.79 Å². The Kier molecular flexibility index (Phi) is 5.16. The number of nitrogens with zero attached hydrogens (tertiary/aromatic N) is 2. The van der Waals surface area contributed by atoms with Gasteiger partial charge in [0.1, 0.15) is 5.75 Å². The predicted octanol–water partition coefficient (Wildman–Crippen LogP) is 2.96. The maximum absolute atomic E-state index is 12.7. The maximum Gasteiger partial charge on any atom is 0.257 e. The molecule has 0 saturated carbocycles. The molecule has 1 amide bonds. The van der Waals surface area contributed by atoms with Crippen molar-refractivity contribution < 1.29 is 9.53 Å². The largest absolute Gasteiger partial charge is 0.496 e. The summed E-state index contributed by atoms with van der Waals surface area (Å²) in [5, 5.41) is 0. The number of ether oxygens (including phenoxy) is 1. The molecular weight excluding hydrogens is 300 g/mol. The van der Waals surface area contributed by atoms with Gasteiger partial charge in [-0.2, -0.15) is 0 Å². The van der Waals surface area contributed by atoms with Gasteiger partial charge in [-0.15, -0.1) is 0 Å². The Hall–Kier alpha value is -2.33. The highest BCUT2D eigenvalue weighted by Crippen LogP contribution is 2.20. The van der Waals surface area contributed by atoms with Crippen LogP contribution in [0.4, 0.5) is 0 Å². The summed E-state index contributed by atoms with van der Waals surface area (Å²) in [6, 6.07) is 16.0. The Morgan fingerprint density at radius 1 is 1.04 bits per heavy atom. The predicted molar refractivity (Wildman–Crippen MR) is 95.4 cm³/mol. The number of rotatable bonds is 4. The number of carbonyl (C=O) groups is 1. The zero-order valence-electron chi connectivity index (χ0n) is 14.4.